The largest absolute Gasteiger partial charge is 0.372 e. The number of hydrogen-bond acceptors (Lipinski definition) is 7. The Labute approximate surface area is 207 Å². The Balaban J connectivity index is 1.49. The third-order valence-corrected chi connectivity index (χ3v) is 7.26. The molecular formula is C25H23F2N5O3S. The van der Waals surface area contributed by atoms with E-state index in [0.29, 0.717) is 24.7 Å². The summed E-state index contributed by atoms with van der Waals surface area (Å²) >= 11 is 0. The second-order valence-electron chi connectivity index (χ2n) is 8.73. The Hall–Kier alpha value is -3.70. The highest BCUT2D eigenvalue weighted by molar-refractivity contribution is 7.92. The lowest BCUT2D eigenvalue weighted by atomic mass is 10.0. The van der Waals surface area contributed by atoms with Gasteiger partial charge in [0.05, 0.1) is 29.6 Å². The Morgan fingerprint density at radius 2 is 1.75 bits per heavy atom. The average molecular weight is 512 g/mol. The smallest absolute Gasteiger partial charge is 0.264 e. The number of morpholine rings is 1. The van der Waals surface area contributed by atoms with E-state index >= 15 is 0 Å². The highest BCUT2D eigenvalue weighted by Crippen LogP contribution is 2.31. The number of benzene rings is 2. The zero-order chi connectivity index (χ0) is 25.4. The van der Waals surface area contributed by atoms with E-state index in [9.17, 15) is 17.2 Å². The molecule has 0 amide bonds. The maximum atomic E-state index is 14.1. The van der Waals surface area contributed by atoms with Gasteiger partial charge in [-0.2, -0.15) is 0 Å². The van der Waals surface area contributed by atoms with E-state index in [1.807, 2.05) is 32.0 Å². The van der Waals surface area contributed by atoms with E-state index in [1.54, 1.807) is 12.3 Å². The summed E-state index contributed by atoms with van der Waals surface area (Å²) < 4.78 is 60.9. The van der Waals surface area contributed by atoms with Crippen LogP contribution in [0.3, 0.4) is 0 Å². The Morgan fingerprint density at radius 3 is 2.50 bits per heavy atom. The Morgan fingerprint density at radius 1 is 0.972 bits per heavy atom. The number of nitrogens with one attached hydrogen (secondary N) is 1. The van der Waals surface area contributed by atoms with Crippen molar-refractivity contribution < 1.29 is 21.9 Å². The van der Waals surface area contributed by atoms with Crippen molar-refractivity contribution in [1.82, 2.24) is 15.0 Å². The molecule has 1 N–H and O–H groups in total. The Bertz CT molecular complexity index is 1540. The highest BCUT2D eigenvalue weighted by atomic mass is 32.2. The number of sulfonamides is 1. The number of halogens is 2. The summed E-state index contributed by atoms with van der Waals surface area (Å²) in [6.45, 7) is 5.43. The van der Waals surface area contributed by atoms with Crippen LogP contribution in [0.15, 0.2) is 66.1 Å². The molecule has 2 atom stereocenters. The number of hydrogen-bond donors (Lipinski definition) is 1. The molecule has 4 aromatic rings. The van der Waals surface area contributed by atoms with Crippen molar-refractivity contribution >= 4 is 32.4 Å². The van der Waals surface area contributed by atoms with Crippen LogP contribution in [-0.2, 0) is 14.8 Å². The molecule has 3 heterocycles. The topological polar surface area (TPSA) is 97.3 Å². The highest BCUT2D eigenvalue weighted by Gasteiger charge is 2.25. The molecule has 0 bridgehead atoms. The summed E-state index contributed by atoms with van der Waals surface area (Å²) in [5.74, 6) is -1.25. The van der Waals surface area contributed by atoms with E-state index in [4.69, 9.17) is 4.74 Å². The van der Waals surface area contributed by atoms with E-state index in [0.717, 1.165) is 34.4 Å². The van der Waals surface area contributed by atoms with Gasteiger partial charge in [0.25, 0.3) is 10.0 Å². The molecule has 5 rings (SSSR count). The van der Waals surface area contributed by atoms with E-state index in [1.165, 1.54) is 12.5 Å². The second kappa shape index (κ2) is 9.40. The first-order chi connectivity index (χ1) is 17.2. The van der Waals surface area contributed by atoms with Gasteiger partial charge in [-0.15, -0.1) is 0 Å². The van der Waals surface area contributed by atoms with Crippen LogP contribution in [0.2, 0.25) is 0 Å². The number of ether oxygens (including phenoxy) is 1. The molecule has 36 heavy (non-hydrogen) atoms. The SMILES string of the molecule is C[C@@H]1CN(c2ncnc3ccc(-c4cncc(NS(=O)(=O)c5ccc(F)cc5F)c4)cc23)C[C@H](C)O1. The fraction of sp³-hybridized carbons (Fsp3) is 0.240. The minimum atomic E-state index is -4.30. The fourth-order valence-electron chi connectivity index (χ4n) is 4.38. The zero-order valence-corrected chi connectivity index (χ0v) is 20.3. The summed E-state index contributed by atoms with van der Waals surface area (Å²) in [7, 11) is -4.30. The second-order valence-corrected chi connectivity index (χ2v) is 10.4. The van der Waals surface area contributed by atoms with Crippen molar-refractivity contribution in [2.75, 3.05) is 22.7 Å². The zero-order valence-electron chi connectivity index (χ0n) is 19.5. The Kier molecular flexibility index (Phi) is 6.27. The molecular weight excluding hydrogens is 488 g/mol. The number of pyridine rings is 1. The third kappa shape index (κ3) is 4.84. The molecule has 0 saturated carbocycles. The van der Waals surface area contributed by atoms with Gasteiger partial charge < -0.3 is 9.64 Å². The van der Waals surface area contributed by atoms with Crippen molar-refractivity contribution in [3.05, 3.63) is 72.8 Å². The third-order valence-electron chi connectivity index (χ3n) is 5.84. The lowest BCUT2D eigenvalue weighted by Crippen LogP contribution is -2.45. The van der Waals surface area contributed by atoms with Gasteiger partial charge >= 0.3 is 0 Å². The van der Waals surface area contributed by atoms with Gasteiger partial charge in [-0.3, -0.25) is 9.71 Å². The molecule has 0 spiro atoms. The molecule has 0 aliphatic carbocycles. The van der Waals surface area contributed by atoms with Gasteiger partial charge in [0, 0.05) is 36.3 Å². The molecule has 11 heteroatoms. The van der Waals surface area contributed by atoms with Gasteiger partial charge in [0.15, 0.2) is 0 Å². The van der Waals surface area contributed by atoms with E-state index in [-0.39, 0.29) is 17.9 Å². The summed E-state index contributed by atoms with van der Waals surface area (Å²) in [5, 5.41) is 0.843. The van der Waals surface area contributed by atoms with Crippen molar-refractivity contribution in [1.29, 1.82) is 0 Å². The summed E-state index contributed by atoms with van der Waals surface area (Å²) in [6, 6.07) is 9.54. The van der Waals surface area contributed by atoms with Crippen LogP contribution in [-0.4, -0.2) is 48.7 Å². The first-order valence-corrected chi connectivity index (χ1v) is 12.8. The van der Waals surface area contributed by atoms with Crippen molar-refractivity contribution in [2.45, 2.75) is 31.0 Å². The summed E-state index contributed by atoms with van der Waals surface area (Å²) in [6.07, 6.45) is 4.56. The minimum Gasteiger partial charge on any atom is -0.372 e. The van der Waals surface area contributed by atoms with Crippen molar-refractivity contribution in [2.24, 2.45) is 0 Å². The number of rotatable bonds is 5. The molecule has 2 aromatic heterocycles. The maximum Gasteiger partial charge on any atom is 0.264 e. The van der Waals surface area contributed by atoms with Crippen LogP contribution in [0.25, 0.3) is 22.0 Å². The minimum absolute atomic E-state index is 0.0572. The quantitative estimate of drug-likeness (QED) is 0.425. The predicted molar refractivity (Wildman–Crippen MR) is 132 cm³/mol. The average Bonchev–Trinajstić information content (AvgIpc) is 2.82. The van der Waals surface area contributed by atoms with Crippen LogP contribution < -0.4 is 9.62 Å². The molecule has 2 aromatic carbocycles. The molecule has 1 aliphatic rings. The molecule has 1 saturated heterocycles. The maximum absolute atomic E-state index is 14.1. The van der Waals surface area contributed by atoms with Crippen LogP contribution in [0.5, 0.6) is 0 Å². The lowest BCUT2D eigenvalue weighted by molar-refractivity contribution is -0.00537. The molecule has 1 aliphatic heterocycles. The summed E-state index contributed by atoms with van der Waals surface area (Å²) in [4.78, 5) is 14.6. The van der Waals surface area contributed by atoms with Crippen molar-refractivity contribution in [3.63, 3.8) is 0 Å². The molecule has 0 radical (unpaired) electrons. The first-order valence-electron chi connectivity index (χ1n) is 11.3. The van der Waals surface area contributed by atoms with Crippen LogP contribution in [0.1, 0.15) is 13.8 Å². The van der Waals surface area contributed by atoms with Crippen molar-refractivity contribution in [3.8, 4) is 11.1 Å². The van der Waals surface area contributed by atoms with Gasteiger partial charge in [-0.25, -0.2) is 27.2 Å². The lowest BCUT2D eigenvalue weighted by Gasteiger charge is -2.36. The normalized spacial score (nSPS) is 18.4. The number of aromatic nitrogens is 3. The molecule has 186 valence electrons. The first kappa shape index (κ1) is 24.0. The monoisotopic (exact) mass is 511 g/mol. The van der Waals surface area contributed by atoms with Gasteiger partial charge in [0.2, 0.25) is 0 Å². The van der Waals surface area contributed by atoms with Gasteiger partial charge in [-0.05, 0) is 49.7 Å². The fourth-order valence-corrected chi connectivity index (χ4v) is 5.48. The standard InChI is InChI=1S/C25H23F2N5O3S/c1-15-12-32(13-16(2)35-15)25-21-8-17(3-5-23(21)29-14-30-25)18-7-20(11-28-10-18)31-36(33,34)24-6-4-19(26)9-22(24)27/h3-11,14-16,31H,12-13H2,1-2H3/t15-,16+. The van der Waals surface area contributed by atoms with Crippen LogP contribution >= 0.6 is 0 Å². The number of nitrogens with zero attached hydrogens (tertiary/aromatic N) is 4. The van der Waals surface area contributed by atoms with Crippen LogP contribution in [0.4, 0.5) is 20.3 Å². The molecule has 1 fully saturated rings. The number of anilines is 2. The molecule has 0 unspecified atom stereocenters. The van der Waals surface area contributed by atoms with Gasteiger partial charge in [-0.1, -0.05) is 6.07 Å². The van der Waals surface area contributed by atoms with E-state index < -0.39 is 26.6 Å². The number of fused-ring (bicyclic) bond motifs is 1. The molecule has 8 nitrogen and oxygen atoms in total. The summed E-state index contributed by atoms with van der Waals surface area (Å²) in [5.41, 5.74) is 2.31. The van der Waals surface area contributed by atoms with Gasteiger partial charge in [0.1, 0.15) is 28.7 Å². The van der Waals surface area contributed by atoms with E-state index in [2.05, 4.69) is 24.6 Å². The predicted octanol–water partition coefficient (Wildman–Crippen LogP) is 4.38. The van der Waals surface area contributed by atoms with Crippen LogP contribution in [0, 0.1) is 11.6 Å².